The Morgan fingerprint density at radius 3 is 2.86 bits per heavy atom. The number of nitrogens with zero attached hydrogens (tertiary/aromatic N) is 1. The molecule has 3 unspecified atom stereocenters. The summed E-state index contributed by atoms with van der Waals surface area (Å²) >= 11 is 1.72. The molecule has 1 amide bonds. The molecule has 114 valence electrons. The third-order valence-electron chi connectivity index (χ3n) is 4.94. The van der Waals surface area contributed by atoms with E-state index in [0.29, 0.717) is 18.5 Å². The van der Waals surface area contributed by atoms with Crippen LogP contribution in [0.1, 0.15) is 31.2 Å². The van der Waals surface area contributed by atoms with Crippen LogP contribution in [0, 0.1) is 5.92 Å². The van der Waals surface area contributed by atoms with E-state index in [2.05, 4.69) is 18.2 Å². The van der Waals surface area contributed by atoms with Gasteiger partial charge in [-0.2, -0.15) is 0 Å². The van der Waals surface area contributed by atoms with Crippen LogP contribution in [0.15, 0.2) is 29.2 Å². The molecular weight excluding hydrogens is 280 g/mol. The maximum absolute atomic E-state index is 12.8. The van der Waals surface area contributed by atoms with E-state index in [1.165, 1.54) is 23.3 Å². The minimum Gasteiger partial charge on any atom is -0.341 e. The topological polar surface area (TPSA) is 46.3 Å². The van der Waals surface area contributed by atoms with Crippen LogP contribution in [0.25, 0.3) is 0 Å². The number of rotatable bonds is 3. The van der Waals surface area contributed by atoms with Crippen LogP contribution in [-0.2, 0) is 11.2 Å². The van der Waals surface area contributed by atoms with Gasteiger partial charge in [0.15, 0.2) is 0 Å². The first-order valence-corrected chi connectivity index (χ1v) is 8.80. The average Bonchev–Trinajstić information content (AvgIpc) is 2.97. The van der Waals surface area contributed by atoms with Gasteiger partial charge in [-0.15, -0.1) is 11.8 Å². The van der Waals surface area contributed by atoms with Crippen molar-refractivity contribution in [2.45, 2.75) is 48.3 Å². The molecule has 1 aliphatic heterocycles. The SMILES string of the molecule is CN(C(=O)C1Cc2ccccc2S1)C1CCCCC1CN. The van der Waals surface area contributed by atoms with Crippen molar-refractivity contribution in [2.24, 2.45) is 11.7 Å². The van der Waals surface area contributed by atoms with Gasteiger partial charge in [-0.3, -0.25) is 4.79 Å². The molecule has 2 N–H and O–H groups in total. The van der Waals surface area contributed by atoms with Gasteiger partial charge >= 0.3 is 0 Å². The Morgan fingerprint density at radius 2 is 2.10 bits per heavy atom. The summed E-state index contributed by atoms with van der Waals surface area (Å²) in [5.41, 5.74) is 7.22. The Balaban J connectivity index is 1.68. The molecule has 3 nitrogen and oxygen atoms in total. The molecule has 0 radical (unpaired) electrons. The molecule has 21 heavy (non-hydrogen) atoms. The second-order valence-corrected chi connectivity index (χ2v) is 7.46. The monoisotopic (exact) mass is 304 g/mol. The average molecular weight is 304 g/mol. The van der Waals surface area contributed by atoms with Crippen LogP contribution in [0.5, 0.6) is 0 Å². The first kappa shape index (κ1) is 14.9. The fourth-order valence-corrected chi connectivity index (χ4v) is 4.98. The lowest BCUT2D eigenvalue weighted by molar-refractivity contribution is -0.133. The highest BCUT2D eigenvalue weighted by molar-refractivity contribution is 8.01. The molecule has 0 spiro atoms. The fourth-order valence-electron chi connectivity index (χ4n) is 3.68. The van der Waals surface area contributed by atoms with Gasteiger partial charge in [0, 0.05) is 18.0 Å². The highest BCUT2D eigenvalue weighted by Gasteiger charge is 2.35. The fraction of sp³-hybridized carbons (Fsp3) is 0.588. The quantitative estimate of drug-likeness (QED) is 0.934. The van der Waals surface area contributed by atoms with Crippen molar-refractivity contribution in [1.82, 2.24) is 4.90 Å². The van der Waals surface area contributed by atoms with E-state index in [4.69, 9.17) is 5.73 Å². The van der Waals surface area contributed by atoms with Crippen molar-refractivity contribution in [3.8, 4) is 0 Å². The second-order valence-electron chi connectivity index (χ2n) is 6.22. The lowest BCUT2D eigenvalue weighted by Gasteiger charge is -2.38. The number of nitrogens with two attached hydrogens (primary N) is 1. The van der Waals surface area contributed by atoms with E-state index in [1.807, 2.05) is 18.0 Å². The van der Waals surface area contributed by atoms with Crippen molar-refractivity contribution >= 4 is 17.7 Å². The Bertz CT molecular complexity index is 494. The van der Waals surface area contributed by atoms with Crippen LogP contribution in [0.2, 0.25) is 0 Å². The maximum Gasteiger partial charge on any atom is 0.236 e. The van der Waals surface area contributed by atoms with E-state index >= 15 is 0 Å². The first-order valence-electron chi connectivity index (χ1n) is 7.92. The highest BCUT2D eigenvalue weighted by atomic mass is 32.2. The Labute approximate surface area is 131 Å². The summed E-state index contributed by atoms with van der Waals surface area (Å²) in [7, 11) is 1.98. The number of fused-ring (bicyclic) bond motifs is 1. The van der Waals surface area contributed by atoms with Gasteiger partial charge in [-0.1, -0.05) is 31.0 Å². The van der Waals surface area contributed by atoms with Gasteiger partial charge in [0.05, 0.1) is 5.25 Å². The van der Waals surface area contributed by atoms with Gasteiger partial charge in [-0.05, 0) is 43.4 Å². The summed E-state index contributed by atoms with van der Waals surface area (Å²) in [4.78, 5) is 16.1. The molecule has 2 aliphatic rings. The van der Waals surface area contributed by atoms with Crippen LogP contribution in [-0.4, -0.2) is 35.7 Å². The molecular formula is C17H24N2OS. The van der Waals surface area contributed by atoms with Gasteiger partial charge in [0.1, 0.15) is 0 Å². The van der Waals surface area contributed by atoms with Crippen molar-refractivity contribution < 1.29 is 4.79 Å². The van der Waals surface area contributed by atoms with Crippen LogP contribution in [0.3, 0.4) is 0 Å². The number of hydrogen-bond donors (Lipinski definition) is 1. The zero-order valence-electron chi connectivity index (χ0n) is 12.6. The molecule has 0 saturated heterocycles. The Hall–Kier alpha value is -1.00. The van der Waals surface area contributed by atoms with E-state index in [-0.39, 0.29) is 11.2 Å². The van der Waals surface area contributed by atoms with Crippen molar-refractivity contribution in [3.63, 3.8) is 0 Å². The smallest absolute Gasteiger partial charge is 0.236 e. The van der Waals surface area contributed by atoms with Crippen molar-refractivity contribution in [2.75, 3.05) is 13.6 Å². The summed E-state index contributed by atoms with van der Waals surface area (Å²) in [6.45, 7) is 0.695. The molecule has 1 aliphatic carbocycles. The number of benzene rings is 1. The van der Waals surface area contributed by atoms with Gasteiger partial charge < -0.3 is 10.6 Å². The standard InChI is InChI=1S/C17H24N2OS/c1-19(14-8-4-2-7-13(14)11-18)17(20)16-10-12-6-3-5-9-15(12)21-16/h3,5-6,9,13-14,16H,2,4,7-8,10-11,18H2,1H3. The summed E-state index contributed by atoms with van der Waals surface area (Å²) in [6.07, 6.45) is 5.61. The Kier molecular flexibility index (Phi) is 4.55. The van der Waals surface area contributed by atoms with Gasteiger partial charge in [0.2, 0.25) is 5.91 Å². The van der Waals surface area contributed by atoms with Gasteiger partial charge in [-0.25, -0.2) is 0 Å². The summed E-state index contributed by atoms with van der Waals surface area (Å²) < 4.78 is 0. The molecule has 0 bridgehead atoms. The number of thioether (sulfide) groups is 1. The third-order valence-corrected chi connectivity index (χ3v) is 6.24. The molecule has 3 rings (SSSR count). The van der Waals surface area contributed by atoms with E-state index in [9.17, 15) is 4.79 Å². The number of amides is 1. The molecule has 1 heterocycles. The zero-order valence-corrected chi connectivity index (χ0v) is 13.4. The molecule has 1 aromatic rings. The van der Waals surface area contributed by atoms with Crippen LogP contribution < -0.4 is 5.73 Å². The number of carbonyl (C=O) groups excluding carboxylic acids is 1. The number of carbonyl (C=O) groups is 1. The lowest BCUT2D eigenvalue weighted by Crippen LogP contribution is -2.48. The predicted octanol–water partition coefficient (Wildman–Crippen LogP) is 2.68. The molecule has 1 fully saturated rings. The summed E-state index contributed by atoms with van der Waals surface area (Å²) in [5.74, 6) is 0.753. The normalized spacial score (nSPS) is 28.2. The molecule has 1 aromatic carbocycles. The highest BCUT2D eigenvalue weighted by Crippen LogP contribution is 2.38. The molecule has 3 atom stereocenters. The third kappa shape index (κ3) is 2.97. The Morgan fingerprint density at radius 1 is 1.33 bits per heavy atom. The zero-order chi connectivity index (χ0) is 14.8. The minimum atomic E-state index is 0.0488. The largest absolute Gasteiger partial charge is 0.341 e. The summed E-state index contributed by atoms with van der Waals surface area (Å²) in [6, 6.07) is 8.70. The van der Waals surface area contributed by atoms with Crippen molar-refractivity contribution in [3.05, 3.63) is 29.8 Å². The maximum atomic E-state index is 12.8. The molecule has 1 saturated carbocycles. The predicted molar refractivity (Wildman–Crippen MR) is 87.4 cm³/mol. The molecule has 4 heteroatoms. The van der Waals surface area contributed by atoms with Crippen LogP contribution >= 0.6 is 11.8 Å². The number of hydrogen-bond acceptors (Lipinski definition) is 3. The van der Waals surface area contributed by atoms with Crippen molar-refractivity contribution in [1.29, 1.82) is 0 Å². The second kappa shape index (κ2) is 6.41. The van der Waals surface area contributed by atoms with E-state index in [1.54, 1.807) is 11.8 Å². The van der Waals surface area contributed by atoms with E-state index in [0.717, 1.165) is 19.3 Å². The lowest BCUT2D eigenvalue weighted by atomic mass is 9.83. The first-order chi connectivity index (χ1) is 10.2. The summed E-state index contributed by atoms with van der Waals surface area (Å²) in [5, 5.41) is 0.0488. The molecule has 0 aromatic heterocycles. The minimum absolute atomic E-state index is 0.0488. The van der Waals surface area contributed by atoms with E-state index < -0.39 is 0 Å². The van der Waals surface area contributed by atoms with Crippen LogP contribution in [0.4, 0.5) is 0 Å². The van der Waals surface area contributed by atoms with Gasteiger partial charge in [0.25, 0.3) is 0 Å².